The zero-order chi connectivity index (χ0) is 16.3. The number of hydrogen-bond acceptors (Lipinski definition) is 6. The van der Waals surface area contributed by atoms with Crippen LogP contribution in [0.25, 0.3) is 0 Å². The second kappa shape index (κ2) is 7.30. The van der Waals surface area contributed by atoms with Crippen LogP contribution in [0.3, 0.4) is 0 Å². The number of anilines is 1. The molecule has 1 N–H and O–H groups in total. The van der Waals surface area contributed by atoms with E-state index in [-0.39, 0.29) is 24.3 Å². The highest BCUT2D eigenvalue weighted by Gasteiger charge is 2.18. The Labute approximate surface area is 144 Å². The van der Waals surface area contributed by atoms with Crippen molar-refractivity contribution in [2.24, 2.45) is 0 Å². The molecule has 0 saturated carbocycles. The molecule has 0 aliphatic carbocycles. The van der Waals surface area contributed by atoms with Crippen LogP contribution in [0.15, 0.2) is 15.9 Å². The van der Waals surface area contributed by atoms with Crippen LogP contribution in [0.4, 0.5) is 5.13 Å². The Morgan fingerprint density at radius 1 is 1.32 bits per heavy atom. The molecule has 0 aliphatic heterocycles. The molecule has 2 aromatic heterocycles. The van der Waals surface area contributed by atoms with E-state index < -0.39 is 0 Å². The minimum absolute atomic E-state index is 0.0368. The fraction of sp³-hybridized carbons (Fsp3) is 0.385. The van der Waals surface area contributed by atoms with Gasteiger partial charge in [0.1, 0.15) is 5.01 Å². The van der Waals surface area contributed by atoms with Gasteiger partial charge in [-0.25, -0.2) is 0 Å². The molecule has 9 heteroatoms. The summed E-state index contributed by atoms with van der Waals surface area (Å²) in [5, 5.41) is 11.9. The number of carbonyl (C=O) groups is 2. The quantitative estimate of drug-likeness (QED) is 0.832. The Hall–Kier alpha value is -1.32. The fourth-order valence-corrected chi connectivity index (χ4v) is 3.72. The Morgan fingerprint density at radius 2 is 2.05 bits per heavy atom. The summed E-state index contributed by atoms with van der Waals surface area (Å²) >= 11 is 5.99. The third-order valence-electron chi connectivity index (χ3n) is 2.69. The summed E-state index contributed by atoms with van der Waals surface area (Å²) in [5.41, 5.74) is 0. The molecule has 0 aliphatic rings. The second-order valence-corrected chi connectivity index (χ2v) is 8.39. The molecule has 2 amide bonds. The van der Waals surface area contributed by atoms with E-state index in [0.717, 1.165) is 8.79 Å². The minimum atomic E-state index is -0.294. The van der Waals surface area contributed by atoms with E-state index in [9.17, 15) is 9.59 Å². The second-order valence-electron chi connectivity index (χ2n) is 4.91. The summed E-state index contributed by atoms with van der Waals surface area (Å²) in [5.74, 6) is -0.214. The number of carbonyl (C=O) groups excluding carboxylic acids is 2. The fourth-order valence-electron chi connectivity index (χ4n) is 1.58. The van der Waals surface area contributed by atoms with Gasteiger partial charge in [-0.1, -0.05) is 25.2 Å². The van der Waals surface area contributed by atoms with E-state index >= 15 is 0 Å². The molecule has 22 heavy (non-hydrogen) atoms. The molecule has 6 nitrogen and oxygen atoms in total. The van der Waals surface area contributed by atoms with Crippen LogP contribution in [0.5, 0.6) is 0 Å². The average molecular weight is 403 g/mol. The van der Waals surface area contributed by atoms with Gasteiger partial charge in [-0.05, 0) is 28.1 Å². The van der Waals surface area contributed by atoms with Crippen molar-refractivity contribution in [2.45, 2.75) is 19.8 Å². The molecular formula is C13H15BrN4O2S2. The van der Waals surface area contributed by atoms with E-state index in [2.05, 4.69) is 31.4 Å². The van der Waals surface area contributed by atoms with Crippen molar-refractivity contribution < 1.29 is 9.59 Å². The molecule has 0 saturated heterocycles. The van der Waals surface area contributed by atoms with Gasteiger partial charge in [0.15, 0.2) is 0 Å². The summed E-state index contributed by atoms with van der Waals surface area (Å²) in [6.45, 7) is 3.99. The lowest BCUT2D eigenvalue weighted by Gasteiger charge is -2.15. The van der Waals surface area contributed by atoms with Crippen molar-refractivity contribution in [3.8, 4) is 0 Å². The average Bonchev–Trinajstić information content (AvgIpc) is 3.06. The van der Waals surface area contributed by atoms with Crippen LogP contribution in [0, 0.1) is 0 Å². The zero-order valence-corrected chi connectivity index (χ0v) is 15.5. The highest BCUT2D eigenvalue weighted by Crippen LogP contribution is 2.24. The van der Waals surface area contributed by atoms with Crippen LogP contribution >= 0.6 is 38.6 Å². The number of aromatic nitrogens is 2. The maximum absolute atomic E-state index is 12.1. The van der Waals surface area contributed by atoms with Crippen molar-refractivity contribution in [3.63, 3.8) is 0 Å². The minimum Gasteiger partial charge on any atom is -0.332 e. The van der Waals surface area contributed by atoms with Gasteiger partial charge in [0.2, 0.25) is 11.0 Å². The summed E-state index contributed by atoms with van der Waals surface area (Å²) in [4.78, 5) is 26.1. The summed E-state index contributed by atoms with van der Waals surface area (Å²) in [7, 11) is 1.59. The molecule has 118 valence electrons. The maximum Gasteiger partial charge on any atom is 0.264 e. The number of thiophene rings is 1. The Bertz CT molecular complexity index is 683. The normalized spacial score (nSPS) is 10.8. The highest BCUT2D eigenvalue weighted by molar-refractivity contribution is 9.11. The lowest BCUT2D eigenvalue weighted by molar-refractivity contribution is -0.116. The number of nitrogens with one attached hydrogen (secondary N) is 1. The lowest BCUT2D eigenvalue weighted by atomic mass is 10.2. The first-order valence-electron chi connectivity index (χ1n) is 6.51. The number of likely N-dealkylation sites (N-methyl/N-ethyl adjacent to an activating group) is 1. The first-order valence-corrected chi connectivity index (χ1v) is 8.93. The number of hydrogen-bond donors (Lipinski definition) is 1. The predicted octanol–water partition coefficient (Wildman–Crippen LogP) is 3.20. The van der Waals surface area contributed by atoms with Gasteiger partial charge in [-0.3, -0.25) is 14.9 Å². The van der Waals surface area contributed by atoms with Crippen molar-refractivity contribution >= 4 is 55.5 Å². The van der Waals surface area contributed by atoms with E-state index in [0.29, 0.717) is 10.0 Å². The Kier molecular flexibility index (Phi) is 5.65. The Balaban J connectivity index is 1.91. The van der Waals surface area contributed by atoms with Gasteiger partial charge >= 0.3 is 0 Å². The van der Waals surface area contributed by atoms with Crippen molar-refractivity contribution in [2.75, 3.05) is 18.9 Å². The van der Waals surface area contributed by atoms with Crippen LogP contribution in [0.1, 0.15) is 34.4 Å². The van der Waals surface area contributed by atoms with Gasteiger partial charge < -0.3 is 4.90 Å². The topological polar surface area (TPSA) is 75.2 Å². The zero-order valence-electron chi connectivity index (χ0n) is 12.3. The standard InChI is InChI=1S/C13H15BrN4O2S2/c1-7(2)11-16-17-13(22-11)15-10(19)6-18(3)12(20)8-4-5-9(14)21-8/h4-5,7H,6H2,1-3H3,(H,15,17,19). The first kappa shape index (κ1) is 17.0. The molecule has 0 atom stereocenters. The molecule has 0 unspecified atom stereocenters. The number of amides is 2. The molecule has 2 heterocycles. The van der Waals surface area contributed by atoms with Crippen LogP contribution in [-0.4, -0.2) is 40.5 Å². The third kappa shape index (κ3) is 4.34. The van der Waals surface area contributed by atoms with Crippen molar-refractivity contribution in [3.05, 3.63) is 25.8 Å². The van der Waals surface area contributed by atoms with Gasteiger partial charge in [0, 0.05) is 13.0 Å². The number of rotatable bonds is 5. The molecule has 2 aromatic rings. The van der Waals surface area contributed by atoms with Gasteiger partial charge in [0.25, 0.3) is 5.91 Å². The molecule has 0 spiro atoms. The van der Waals surface area contributed by atoms with E-state index in [1.165, 1.54) is 27.6 Å². The highest BCUT2D eigenvalue weighted by atomic mass is 79.9. The van der Waals surface area contributed by atoms with Gasteiger partial charge in [-0.2, -0.15) is 0 Å². The van der Waals surface area contributed by atoms with Crippen molar-refractivity contribution in [1.82, 2.24) is 15.1 Å². The lowest BCUT2D eigenvalue weighted by Crippen LogP contribution is -2.34. The molecule has 0 radical (unpaired) electrons. The van der Waals surface area contributed by atoms with E-state index in [4.69, 9.17) is 0 Å². The van der Waals surface area contributed by atoms with Crippen LogP contribution < -0.4 is 5.32 Å². The molecule has 0 fully saturated rings. The van der Waals surface area contributed by atoms with E-state index in [1.807, 2.05) is 13.8 Å². The van der Waals surface area contributed by atoms with Crippen molar-refractivity contribution in [1.29, 1.82) is 0 Å². The predicted molar refractivity (Wildman–Crippen MR) is 91.6 cm³/mol. The van der Waals surface area contributed by atoms with Crippen LogP contribution in [-0.2, 0) is 4.79 Å². The van der Waals surface area contributed by atoms with Gasteiger partial charge in [0.05, 0.1) is 15.2 Å². The third-order valence-corrected chi connectivity index (χ3v) is 5.44. The van der Waals surface area contributed by atoms with Gasteiger partial charge in [-0.15, -0.1) is 21.5 Å². The summed E-state index contributed by atoms with van der Waals surface area (Å²) in [6.07, 6.45) is 0. The Morgan fingerprint density at radius 3 is 2.59 bits per heavy atom. The molecule has 0 aromatic carbocycles. The summed E-state index contributed by atoms with van der Waals surface area (Å²) < 4.78 is 0.878. The van der Waals surface area contributed by atoms with Crippen LogP contribution in [0.2, 0.25) is 0 Å². The smallest absolute Gasteiger partial charge is 0.264 e. The molecular weight excluding hydrogens is 388 g/mol. The largest absolute Gasteiger partial charge is 0.332 e. The van der Waals surface area contributed by atoms with E-state index in [1.54, 1.807) is 19.2 Å². The summed E-state index contributed by atoms with van der Waals surface area (Å²) in [6, 6.07) is 3.53. The molecule has 0 bridgehead atoms. The monoisotopic (exact) mass is 402 g/mol. The SMILES string of the molecule is CC(C)c1nnc(NC(=O)CN(C)C(=O)c2ccc(Br)s2)s1. The number of halogens is 1. The molecule has 2 rings (SSSR count). The first-order chi connectivity index (χ1) is 10.4. The number of nitrogens with zero attached hydrogens (tertiary/aromatic N) is 3. The maximum atomic E-state index is 12.1.